The highest BCUT2D eigenvalue weighted by atomic mass is 32.1. The van der Waals surface area contributed by atoms with Gasteiger partial charge in [0.1, 0.15) is 4.88 Å². The maximum Gasteiger partial charge on any atom is 0.435 e. The highest BCUT2D eigenvalue weighted by Crippen LogP contribution is 2.34. The number of alkyl halides is 3. The molecule has 1 heterocycles. The molecule has 1 aromatic carbocycles. The van der Waals surface area contributed by atoms with E-state index in [9.17, 15) is 18.0 Å². The van der Waals surface area contributed by atoms with Crippen molar-refractivity contribution >= 4 is 35.6 Å². The van der Waals surface area contributed by atoms with E-state index in [0.29, 0.717) is 21.9 Å². The van der Waals surface area contributed by atoms with Gasteiger partial charge in [0.15, 0.2) is 5.69 Å². The monoisotopic (exact) mass is 318 g/mol. The Balaban J connectivity index is 2.28. The number of halogens is 3. The third-order valence-corrected chi connectivity index (χ3v) is 3.60. The molecular formula is C12H9F3N2OS2. The van der Waals surface area contributed by atoms with Crippen molar-refractivity contribution in [1.29, 1.82) is 0 Å². The predicted molar refractivity (Wildman–Crippen MR) is 73.5 cm³/mol. The average molecular weight is 318 g/mol. The van der Waals surface area contributed by atoms with Crippen molar-refractivity contribution in [3.8, 4) is 0 Å². The fourth-order valence-electron chi connectivity index (χ4n) is 1.51. The van der Waals surface area contributed by atoms with Crippen LogP contribution in [0.3, 0.4) is 0 Å². The summed E-state index contributed by atoms with van der Waals surface area (Å²) in [7, 11) is 0. The standard InChI is InChI=1S/C12H9F3N2OS2/c1-6-16-10(12(13,14)15)9(20-6)11(18)17-7-2-4-8(19)5-3-7/h2-5,19H,1H3,(H,17,18). The lowest BCUT2D eigenvalue weighted by Crippen LogP contribution is -2.17. The van der Waals surface area contributed by atoms with Crippen LogP contribution in [0.15, 0.2) is 29.2 Å². The normalized spacial score (nSPS) is 11.4. The Morgan fingerprint density at radius 2 is 1.90 bits per heavy atom. The molecule has 0 atom stereocenters. The molecule has 0 fully saturated rings. The molecule has 106 valence electrons. The van der Waals surface area contributed by atoms with Gasteiger partial charge in [-0.1, -0.05) is 0 Å². The van der Waals surface area contributed by atoms with Crippen LogP contribution >= 0.6 is 24.0 Å². The van der Waals surface area contributed by atoms with Crippen LogP contribution in [0.1, 0.15) is 20.4 Å². The van der Waals surface area contributed by atoms with Crippen LogP contribution in [-0.2, 0) is 6.18 Å². The molecule has 2 rings (SSSR count). The topological polar surface area (TPSA) is 42.0 Å². The molecule has 0 aliphatic rings. The van der Waals surface area contributed by atoms with Crippen molar-refractivity contribution in [2.75, 3.05) is 5.32 Å². The van der Waals surface area contributed by atoms with Crippen LogP contribution in [0.25, 0.3) is 0 Å². The van der Waals surface area contributed by atoms with E-state index in [-0.39, 0.29) is 5.01 Å². The van der Waals surface area contributed by atoms with Crippen molar-refractivity contribution in [2.45, 2.75) is 18.0 Å². The van der Waals surface area contributed by atoms with Gasteiger partial charge in [0.05, 0.1) is 5.01 Å². The van der Waals surface area contributed by atoms with E-state index in [1.807, 2.05) is 0 Å². The van der Waals surface area contributed by atoms with Gasteiger partial charge in [-0.25, -0.2) is 4.98 Å². The molecule has 0 saturated heterocycles. The highest BCUT2D eigenvalue weighted by molar-refractivity contribution is 7.80. The second-order valence-electron chi connectivity index (χ2n) is 3.91. The quantitative estimate of drug-likeness (QED) is 0.822. The number of nitrogens with one attached hydrogen (secondary N) is 1. The predicted octanol–water partition coefficient (Wildman–Crippen LogP) is 4.01. The number of rotatable bonds is 2. The minimum absolute atomic E-state index is 0.188. The van der Waals surface area contributed by atoms with E-state index in [1.165, 1.54) is 6.92 Å². The van der Waals surface area contributed by atoms with E-state index >= 15 is 0 Å². The molecule has 0 saturated carbocycles. The van der Waals surface area contributed by atoms with Gasteiger partial charge in [0.25, 0.3) is 5.91 Å². The first-order valence-electron chi connectivity index (χ1n) is 5.42. The van der Waals surface area contributed by atoms with E-state index in [1.54, 1.807) is 24.3 Å². The number of aromatic nitrogens is 1. The number of hydrogen-bond donors (Lipinski definition) is 2. The van der Waals surface area contributed by atoms with Crippen molar-refractivity contribution in [2.24, 2.45) is 0 Å². The summed E-state index contributed by atoms with van der Waals surface area (Å²) in [4.78, 5) is 15.5. The third-order valence-electron chi connectivity index (χ3n) is 2.33. The SMILES string of the molecule is Cc1nc(C(F)(F)F)c(C(=O)Nc2ccc(S)cc2)s1. The molecule has 1 N–H and O–H groups in total. The summed E-state index contributed by atoms with van der Waals surface area (Å²) in [5.74, 6) is -0.824. The van der Waals surface area contributed by atoms with Gasteiger partial charge < -0.3 is 5.32 Å². The number of anilines is 1. The highest BCUT2D eigenvalue weighted by Gasteiger charge is 2.39. The molecule has 1 amide bonds. The molecule has 0 radical (unpaired) electrons. The first-order valence-corrected chi connectivity index (χ1v) is 6.69. The Morgan fingerprint density at radius 3 is 2.45 bits per heavy atom. The zero-order valence-corrected chi connectivity index (χ0v) is 11.9. The van der Waals surface area contributed by atoms with E-state index in [4.69, 9.17) is 0 Å². The number of aryl methyl sites for hydroxylation is 1. The molecule has 1 aromatic heterocycles. The van der Waals surface area contributed by atoms with Crippen molar-refractivity contribution in [1.82, 2.24) is 4.98 Å². The fraction of sp³-hybridized carbons (Fsp3) is 0.167. The molecule has 0 bridgehead atoms. The van der Waals surface area contributed by atoms with Gasteiger partial charge in [0, 0.05) is 10.6 Å². The van der Waals surface area contributed by atoms with Crippen LogP contribution in [0.2, 0.25) is 0 Å². The second kappa shape index (κ2) is 5.45. The largest absolute Gasteiger partial charge is 0.435 e. The molecule has 0 aliphatic heterocycles. The molecule has 0 unspecified atom stereocenters. The first-order chi connectivity index (χ1) is 9.27. The summed E-state index contributed by atoms with van der Waals surface area (Å²) in [6, 6.07) is 6.37. The lowest BCUT2D eigenvalue weighted by molar-refractivity contribution is -0.141. The van der Waals surface area contributed by atoms with Gasteiger partial charge >= 0.3 is 6.18 Å². The number of hydrogen-bond acceptors (Lipinski definition) is 4. The summed E-state index contributed by atoms with van der Waals surface area (Å²) in [6.07, 6.45) is -4.65. The Kier molecular flexibility index (Phi) is 4.05. The van der Waals surface area contributed by atoms with Crippen molar-refractivity contribution in [3.05, 3.63) is 39.8 Å². The lowest BCUT2D eigenvalue weighted by Gasteiger charge is -2.07. The Hall–Kier alpha value is -1.54. The molecule has 3 nitrogen and oxygen atoms in total. The second-order valence-corrected chi connectivity index (χ2v) is 5.63. The maximum atomic E-state index is 12.8. The minimum Gasteiger partial charge on any atom is -0.321 e. The lowest BCUT2D eigenvalue weighted by atomic mass is 10.3. The maximum absolute atomic E-state index is 12.8. The zero-order chi connectivity index (χ0) is 14.9. The van der Waals surface area contributed by atoms with Gasteiger partial charge in [0.2, 0.25) is 0 Å². The van der Waals surface area contributed by atoms with Gasteiger partial charge in [-0.15, -0.1) is 24.0 Å². The van der Waals surface area contributed by atoms with Gasteiger partial charge in [-0.2, -0.15) is 13.2 Å². The average Bonchev–Trinajstić information content (AvgIpc) is 2.74. The fourth-order valence-corrected chi connectivity index (χ4v) is 2.49. The number of thiazole rings is 1. The number of amides is 1. The van der Waals surface area contributed by atoms with Crippen LogP contribution in [-0.4, -0.2) is 10.9 Å². The van der Waals surface area contributed by atoms with Crippen molar-refractivity contribution < 1.29 is 18.0 Å². The van der Waals surface area contributed by atoms with Crippen molar-refractivity contribution in [3.63, 3.8) is 0 Å². The van der Waals surface area contributed by atoms with Crippen LogP contribution < -0.4 is 5.32 Å². The molecule has 20 heavy (non-hydrogen) atoms. The van der Waals surface area contributed by atoms with E-state index in [2.05, 4.69) is 22.9 Å². The number of benzene rings is 1. The smallest absolute Gasteiger partial charge is 0.321 e. The summed E-state index contributed by atoms with van der Waals surface area (Å²) in [6.45, 7) is 1.42. The summed E-state index contributed by atoms with van der Waals surface area (Å²) < 4.78 is 38.3. The number of carbonyl (C=O) groups excluding carboxylic acids is 1. The number of thiol groups is 1. The molecule has 8 heteroatoms. The van der Waals surface area contributed by atoms with Gasteiger partial charge in [-0.05, 0) is 31.2 Å². The Morgan fingerprint density at radius 1 is 1.30 bits per heavy atom. The Bertz CT molecular complexity index is 635. The van der Waals surface area contributed by atoms with E-state index < -0.39 is 22.7 Å². The summed E-state index contributed by atoms with van der Waals surface area (Å²) in [5, 5.41) is 2.60. The minimum atomic E-state index is -4.65. The molecule has 2 aromatic rings. The van der Waals surface area contributed by atoms with Crippen LogP contribution in [0.5, 0.6) is 0 Å². The Labute approximate surface area is 122 Å². The molecule has 0 spiro atoms. The van der Waals surface area contributed by atoms with Crippen LogP contribution in [0.4, 0.5) is 18.9 Å². The van der Waals surface area contributed by atoms with E-state index in [0.717, 1.165) is 0 Å². The molecule has 0 aliphatic carbocycles. The number of nitrogens with zero attached hydrogens (tertiary/aromatic N) is 1. The zero-order valence-electron chi connectivity index (χ0n) is 10.2. The summed E-state index contributed by atoms with van der Waals surface area (Å²) in [5.41, 5.74) is -0.754. The first kappa shape index (κ1) is 14.9. The molecular weight excluding hydrogens is 309 g/mol. The van der Waals surface area contributed by atoms with Gasteiger partial charge in [-0.3, -0.25) is 4.79 Å². The summed E-state index contributed by atoms with van der Waals surface area (Å²) >= 11 is 4.79. The van der Waals surface area contributed by atoms with Crippen LogP contribution in [0, 0.1) is 6.92 Å². The third kappa shape index (κ3) is 3.31. The number of carbonyl (C=O) groups is 1.